The number of nitrogens with zero attached hydrogens (tertiary/aromatic N) is 2. The van der Waals surface area contributed by atoms with Crippen molar-refractivity contribution in [3.63, 3.8) is 0 Å². The van der Waals surface area contributed by atoms with Gasteiger partial charge in [0.1, 0.15) is 5.82 Å². The van der Waals surface area contributed by atoms with Gasteiger partial charge in [0.25, 0.3) is 0 Å². The van der Waals surface area contributed by atoms with Crippen LogP contribution in [0.15, 0.2) is 22.8 Å². The maximum absolute atomic E-state index is 6.09. The Hall–Kier alpha value is -1.53. The molecule has 1 aromatic carbocycles. The molecule has 0 spiro atoms. The van der Waals surface area contributed by atoms with E-state index < -0.39 is 0 Å². The normalized spacial score (nSPS) is 12.8. The number of anilines is 1. The van der Waals surface area contributed by atoms with Crippen LogP contribution in [0.3, 0.4) is 0 Å². The number of halogens is 2. The van der Waals surface area contributed by atoms with Crippen molar-refractivity contribution in [1.82, 2.24) is 9.97 Å². The zero-order valence-electron chi connectivity index (χ0n) is 8.98. The highest BCUT2D eigenvalue weighted by Crippen LogP contribution is 2.41. The Morgan fingerprint density at radius 1 is 1.33 bits per heavy atom. The van der Waals surface area contributed by atoms with Crippen molar-refractivity contribution in [3.8, 4) is 22.9 Å². The zero-order valence-corrected chi connectivity index (χ0v) is 11.3. The minimum Gasteiger partial charge on any atom is -0.454 e. The van der Waals surface area contributed by atoms with Crippen LogP contribution in [0, 0.1) is 0 Å². The molecule has 0 radical (unpaired) electrons. The number of nitrogens with two attached hydrogens (primary N) is 1. The minimum absolute atomic E-state index is 0.168. The molecular weight excluding hydrogens is 321 g/mol. The van der Waals surface area contributed by atoms with Crippen LogP contribution in [0.4, 0.5) is 5.82 Å². The van der Waals surface area contributed by atoms with Crippen LogP contribution in [0.25, 0.3) is 11.4 Å². The van der Waals surface area contributed by atoms with Gasteiger partial charge in [-0.05, 0) is 28.1 Å². The van der Waals surface area contributed by atoms with Gasteiger partial charge in [0, 0.05) is 11.8 Å². The number of ether oxygens (including phenoxy) is 2. The van der Waals surface area contributed by atoms with E-state index >= 15 is 0 Å². The van der Waals surface area contributed by atoms with Gasteiger partial charge in [-0.1, -0.05) is 11.6 Å². The Labute approximate surface area is 116 Å². The smallest absolute Gasteiger partial charge is 0.231 e. The fourth-order valence-electron chi connectivity index (χ4n) is 1.62. The summed E-state index contributed by atoms with van der Waals surface area (Å²) < 4.78 is 11.2. The summed E-state index contributed by atoms with van der Waals surface area (Å²) in [4.78, 5) is 8.36. The summed E-state index contributed by atoms with van der Waals surface area (Å²) >= 11 is 9.34. The molecule has 0 unspecified atom stereocenters. The summed E-state index contributed by atoms with van der Waals surface area (Å²) in [7, 11) is 0. The van der Waals surface area contributed by atoms with Gasteiger partial charge in [-0.25, -0.2) is 9.97 Å². The molecule has 0 fully saturated rings. The van der Waals surface area contributed by atoms with Crippen molar-refractivity contribution in [2.45, 2.75) is 0 Å². The Morgan fingerprint density at radius 2 is 2.17 bits per heavy atom. The molecule has 3 rings (SSSR count). The Bertz CT molecular complexity index is 636. The molecule has 7 heteroatoms. The molecule has 2 N–H and O–H groups in total. The predicted molar refractivity (Wildman–Crippen MR) is 70.7 cm³/mol. The van der Waals surface area contributed by atoms with Crippen LogP contribution >= 0.6 is 27.5 Å². The van der Waals surface area contributed by atoms with E-state index in [0.29, 0.717) is 32.6 Å². The maximum Gasteiger partial charge on any atom is 0.231 e. The topological polar surface area (TPSA) is 70.3 Å². The van der Waals surface area contributed by atoms with Crippen LogP contribution in [0.1, 0.15) is 0 Å². The molecule has 0 aliphatic carbocycles. The van der Waals surface area contributed by atoms with E-state index in [1.165, 1.54) is 0 Å². The van der Waals surface area contributed by atoms with Crippen molar-refractivity contribution >= 4 is 33.3 Å². The Balaban J connectivity index is 2.12. The highest BCUT2D eigenvalue weighted by molar-refractivity contribution is 9.10. The fourth-order valence-corrected chi connectivity index (χ4v) is 2.07. The molecule has 92 valence electrons. The monoisotopic (exact) mass is 327 g/mol. The van der Waals surface area contributed by atoms with E-state index in [1.54, 1.807) is 18.3 Å². The largest absolute Gasteiger partial charge is 0.454 e. The van der Waals surface area contributed by atoms with Gasteiger partial charge < -0.3 is 15.2 Å². The highest BCUT2D eigenvalue weighted by atomic mass is 79.9. The van der Waals surface area contributed by atoms with Crippen LogP contribution in [0.5, 0.6) is 11.5 Å². The van der Waals surface area contributed by atoms with Crippen LogP contribution in [-0.2, 0) is 0 Å². The van der Waals surface area contributed by atoms with Gasteiger partial charge in [-0.2, -0.15) is 0 Å². The predicted octanol–water partition coefficient (Wildman–Crippen LogP) is 2.87. The number of nitrogen functional groups attached to an aromatic ring is 1. The molecule has 1 aromatic heterocycles. The molecule has 1 aliphatic heterocycles. The third-order valence-corrected chi connectivity index (χ3v) is 3.35. The van der Waals surface area contributed by atoms with Crippen molar-refractivity contribution in [3.05, 3.63) is 27.8 Å². The van der Waals surface area contributed by atoms with Gasteiger partial charge in [-0.3, -0.25) is 0 Å². The molecule has 2 heterocycles. The summed E-state index contributed by atoms with van der Waals surface area (Å²) in [5, 5.41) is 0.463. The minimum atomic E-state index is 0.168. The van der Waals surface area contributed by atoms with Crippen LogP contribution in [0.2, 0.25) is 5.02 Å². The SMILES string of the molecule is Nc1nc(-c2cc(Cl)c3c(c2)OCO3)ncc1Br. The van der Waals surface area contributed by atoms with E-state index in [-0.39, 0.29) is 6.79 Å². The Morgan fingerprint density at radius 3 is 2.94 bits per heavy atom. The number of hydrogen-bond donors (Lipinski definition) is 1. The van der Waals surface area contributed by atoms with Gasteiger partial charge in [0.15, 0.2) is 17.3 Å². The van der Waals surface area contributed by atoms with E-state index in [2.05, 4.69) is 25.9 Å². The molecule has 0 bridgehead atoms. The summed E-state index contributed by atoms with van der Waals surface area (Å²) in [5.74, 6) is 1.98. The second-order valence-electron chi connectivity index (χ2n) is 3.62. The average molecular weight is 329 g/mol. The molecule has 2 aromatic rings. The van der Waals surface area contributed by atoms with Crippen molar-refractivity contribution in [2.24, 2.45) is 0 Å². The number of rotatable bonds is 1. The average Bonchev–Trinajstić information content (AvgIpc) is 2.81. The standard InChI is InChI=1S/C11H7BrClN3O2/c12-6-3-15-11(16-10(6)14)5-1-7(13)9-8(2-5)17-4-18-9/h1-3H,4H2,(H2,14,15,16). The van der Waals surface area contributed by atoms with E-state index in [0.717, 1.165) is 5.56 Å². The summed E-state index contributed by atoms with van der Waals surface area (Å²) in [6.45, 7) is 0.168. The first-order chi connectivity index (χ1) is 8.65. The lowest BCUT2D eigenvalue weighted by atomic mass is 10.2. The molecular formula is C11H7BrClN3O2. The van der Waals surface area contributed by atoms with Crippen LogP contribution in [-0.4, -0.2) is 16.8 Å². The zero-order chi connectivity index (χ0) is 12.7. The summed E-state index contributed by atoms with van der Waals surface area (Å²) in [5.41, 5.74) is 6.45. The second-order valence-corrected chi connectivity index (χ2v) is 4.88. The maximum atomic E-state index is 6.09. The molecule has 1 aliphatic rings. The highest BCUT2D eigenvalue weighted by Gasteiger charge is 2.19. The quantitative estimate of drug-likeness (QED) is 0.871. The first-order valence-corrected chi connectivity index (χ1v) is 6.20. The Kier molecular flexibility index (Phi) is 2.76. The van der Waals surface area contributed by atoms with E-state index in [9.17, 15) is 0 Å². The molecule has 0 saturated heterocycles. The van der Waals surface area contributed by atoms with E-state index in [4.69, 9.17) is 26.8 Å². The van der Waals surface area contributed by atoms with Gasteiger partial charge in [0.2, 0.25) is 6.79 Å². The lowest BCUT2D eigenvalue weighted by Gasteiger charge is -2.05. The van der Waals surface area contributed by atoms with Crippen molar-refractivity contribution < 1.29 is 9.47 Å². The first-order valence-electron chi connectivity index (χ1n) is 5.02. The fraction of sp³-hybridized carbons (Fsp3) is 0.0909. The lowest BCUT2D eigenvalue weighted by Crippen LogP contribution is -1.96. The van der Waals surface area contributed by atoms with Crippen molar-refractivity contribution in [1.29, 1.82) is 0 Å². The number of fused-ring (bicyclic) bond motifs is 1. The van der Waals surface area contributed by atoms with Gasteiger partial charge >= 0.3 is 0 Å². The molecule has 0 saturated carbocycles. The third-order valence-electron chi connectivity index (χ3n) is 2.46. The summed E-state index contributed by atoms with van der Waals surface area (Å²) in [6.07, 6.45) is 1.59. The third kappa shape index (κ3) is 1.87. The first kappa shape index (κ1) is 11.6. The molecule has 0 amide bonds. The lowest BCUT2D eigenvalue weighted by molar-refractivity contribution is 0.174. The second kappa shape index (κ2) is 4.29. The number of hydrogen-bond acceptors (Lipinski definition) is 5. The van der Waals surface area contributed by atoms with E-state index in [1.807, 2.05) is 0 Å². The summed E-state index contributed by atoms with van der Waals surface area (Å²) in [6, 6.07) is 3.49. The van der Waals surface area contributed by atoms with Crippen LogP contribution < -0.4 is 15.2 Å². The van der Waals surface area contributed by atoms with Crippen molar-refractivity contribution in [2.75, 3.05) is 12.5 Å². The molecule has 0 atom stereocenters. The number of aromatic nitrogens is 2. The number of benzene rings is 1. The van der Waals surface area contributed by atoms with Gasteiger partial charge in [-0.15, -0.1) is 0 Å². The molecule has 18 heavy (non-hydrogen) atoms. The molecule has 5 nitrogen and oxygen atoms in total. The van der Waals surface area contributed by atoms with Gasteiger partial charge in [0.05, 0.1) is 9.50 Å².